The normalized spacial score (nSPS) is 12.8. The van der Waals surface area contributed by atoms with Crippen LogP contribution >= 0.6 is 0 Å². The summed E-state index contributed by atoms with van der Waals surface area (Å²) in [5, 5.41) is 8.28. The highest BCUT2D eigenvalue weighted by Crippen LogP contribution is 2.28. The molecule has 4 rings (SSSR count). The van der Waals surface area contributed by atoms with E-state index in [0.717, 1.165) is 40.9 Å². The summed E-state index contributed by atoms with van der Waals surface area (Å²) < 4.78 is 0. The molecule has 3 N–H and O–H groups in total. The zero-order chi connectivity index (χ0) is 17.4. The van der Waals surface area contributed by atoms with Crippen LogP contribution < -0.4 is 10.9 Å². The van der Waals surface area contributed by atoms with Gasteiger partial charge in [0.25, 0.3) is 11.5 Å². The summed E-state index contributed by atoms with van der Waals surface area (Å²) >= 11 is 0. The first kappa shape index (κ1) is 15.4. The van der Waals surface area contributed by atoms with Crippen molar-refractivity contribution < 1.29 is 4.79 Å². The van der Waals surface area contributed by atoms with E-state index < -0.39 is 0 Å². The molecule has 1 amide bonds. The van der Waals surface area contributed by atoms with Crippen molar-refractivity contribution in [1.82, 2.24) is 10.2 Å². The van der Waals surface area contributed by atoms with E-state index in [2.05, 4.69) is 21.6 Å². The molecule has 0 aliphatic heterocycles. The standard InChI is InChI=1S/C20H19N3O2/c1-12-16-4-2-3-13(16)7-10-17(12)20(25)21-15-8-5-14(6-9-15)18-11-19(24)23-22-18/h5-11H,2-4H2,1H3,(H,21,25)(H2,22,23,24). The van der Waals surface area contributed by atoms with Crippen LogP contribution in [-0.2, 0) is 12.8 Å². The smallest absolute Gasteiger partial charge is 0.264 e. The van der Waals surface area contributed by atoms with Crippen LogP contribution in [0.25, 0.3) is 11.3 Å². The summed E-state index contributed by atoms with van der Waals surface area (Å²) in [6, 6.07) is 12.9. The number of anilines is 1. The number of aromatic amines is 2. The lowest BCUT2D eigenvalue weighted by atomic mass is 9.98. The minimum Gasteiger partial charge on any atom is -0.322 e. The number of amides is 1. The van der Waals surface area contributed by atoms with Crippen LogP contribution in [-0.4, -0.2) is 16.1 Å². The van der Waals surface area contributed by atoms with E-state index in [9.17, 15) is 9.59 Å². The Hall–Kier alpha value is -3.08. The number of hydrogen-bond donors (Lipinski definition) is 3. The largest absolute Gasteiger partial charge is 0.322 e. The fourth-order valence-corrected chi connectivity index (χ4v) is 3.52. The number of aromatic nitrogens is 2. The van der Waals surface area contributed by atoms with Crippen molar-refractivity contribution in [2.24, 2.45) is 0 Å². The third-order valence-corrected chi connectivity index (χ3v) is 4.86. The number of benzene rings is 2. The van der Waals surface area contributed by atoms with Crippen molar-refractivity contribution in [1.29, 1.82) is 0 Å². The van der Waals surface area contributed by atoms with Gasteiger partial charge in [-0.25, -0.2) is 0 Å². The number of fused-ring (bicyclic) bond motifs is 1. The molecule has 0 fully saturated rings. The Bertz CT molecular complexity index is 997. The molecule has 5 heteroatoms. The summed E-state index contributed by atoms with van der Waals surface area (Å²) in [6.45, 7) is 2.03. The first-order chi connectivity index (χ1) is 12.1. The number of carbonyl (C=O) groups is 1. The zero-order valence-electron chi connectivity index (χ0n) is 14.0. The molecule has 1 aromatic heterocycles. The summed E-state index contributed by atoms with van der Waals surface area (Å²) in [7, 11) is 0. The third-order valence-electron chi connectivity index (χ3n) is 4.86. The molecule has 126 valence electrons. The van der Waals surface area contributed by atoms with Gasteiger partial charge in [-0.05, 0) is 66.6 Å². The molecular formula is C20H19N3O2. The number of H-pyrrole nitrogens is 2. The first-order valence-electron chi connectivity index (χ1n) is 8.42. The van der Waals surface area contributed by atoms with Crippen molar-refractivity contribution in [2.45, 2.75) is 26.2 Å². The highest BCUT2D eigenvalue weighted by molar-refractivity contribution is 6.05. The maximum atomic E-state index is 12.6. The van der Waals surface area contributed by atoms with Gasteiger partial charge in [0.2, 0.25) is 0 Å². The lowest BCUT2D eigenvalue weighted by Crippen LogP contribution is -2.14. The van der Waals surface area contributed by atoms with Gasteiger partial charge in [0, 0.05) is 17.3 Å². The number of hydrogen-bond acceptors (Lipinski definition) is 2. The molecule has 0 saturated carbocycles. The molecule has 1 aliphatic carbocycles. The fraction of sp³-hybridized carbons (Fsp3) is 0.200. The van der Waals surface area contributed by atoms with Crippen LogP contribution in [0.15, 0.2) is 47.3 Å². The van der Waals surface area contributed by atoms with Crippen LogP contribution in [0.4, 0.5) is 5.69 Å². The van der Waals surface area contributed by atoms with Crippen molar-refractivity contribution in [2.75, 3.05) is 5.32 Å². The number of carbonyl (C=O) groups excluding carboxylic acids is 1. The zero-order valence-corrected chi connectivity index (χ0v) is 14.0. The Morgan fingerprint density at radius 2 is 1.84 bits per heavy atom. The summed E-state index contributed by atoms with van der Waals surface area (Å²) in [5.41, 5.74) is 6.69. The minimum atomic E-state index is -0.167. The average Bonchev–Trinajstić information content (AvgIpc) is 3.25. The Balaban J connectivity index is 1.54. The molecule has 0 unspecified atom stereocenters. The van der Waals surface area contributed by atoms with Crippen LogP contribution in [0, 0.1) is 6.92 Å². The van der Waals surface area contributed by atoms with Crippen molar-refractivity contribution in [3.63, 3.8) is 0 Å². The van der Waals surface area contributed by atoms with Gasteiger partial charge >= 0.3 is 0 Å². The summed E-state index contributed by atoms with van der Waals surface area (Å²) in [5.74, 6) is -0.0880. The van der Waals surface area contributed by atoms with Crippen molar-refractivity contribution >= 4 is 11.6 Å². The lowest BCUT2D eigenvalue weighted by Gasteiger charge is -2.12. The third kappa shape index (κ3) is 2.89. The molecular weight excluding hydrogens is 314 g/mol. The monoisotopic (exact) mass is 333 g/mol. The second-order valence-electron chi connectivity index (χ2n) is 6.43. The van der Waals surface area contributed by atoms with E-state index in [1.54, 1.807) is 0 Å². The second-order valence-corrected chi connectivity index (χ2v) is 6.43. The van der Waals surface area contributed by atoms with Crippen LogP contribution in [0.3, 0.4) is 0 Å². The van der Waals surface area contributed by atoms with Crippen LogP contribution in [0.2, 0.25) is 0 Å². The van der Waals surface area contributed by atoms with Crippen molar-refractivity contribution in [3.05, 3.63) is 75.1 Å². The Labute approximate surface area is 145 Å². The fourth-order valence-electron chi connectivity index (χ4n) is 3.52. The molecule has 0 saturated heterocycles. The van der Waals surface area contributed by atoms with Crippen LogP contribution in [0.5, 0.6) is 0 Å². The van der Waals surface area contributed by atoms with Gasteiger partial charge in [0.1, 0.15) is 0 Å². The summed E-state index contributed by atoms with van der Waals surface area (Å²) in [4.78, 5) is 23.8. The maximum Gasteiger partial charge on any atom is 0.264 e. The van der Waals surface area contributed by atoms with Gasteiger partial charge in [-0.3, -0.25) is 19.8 Å². The Morgan fingerprint density at radius 3 is 2.56 bits per heavy atom. The lowest BCUT2D eigenvalue weighted by molar-refractivity contribution is 0.102. The highest BCUT2D eigenvalue weighted by atomic mass is 16.1. The molecule has 1 aliphatic rings. The predicted molar refractivity (Wildman–Crippen MR) is 98.0 cm³/mol. The van der Waals surface area contributed by atoms with E-state index >= 15 is 0 Å². The SMILES string of the molecule is Cc1c(C(=O)Nc2ccc(-c3cc(=O)[nH][nH]3)cc2)ccc2c1CCC2. The van der Waals surface area contributed by atoms with E-state index in [4.69, 9.17) is 0 Å². The van der Waals surface area contributed by atoms with Gasteiger partial charge in [-0.15, -0.1) is 0 Å². The minimum absolute atomic E-state index is 0.0880. The van der Waals surface area contributed by atoms with Gasteiger partial charge in [0.15, 0.2) is 0 Å². The molecule has 0 atom stereocenters. The molecule has 0 radical (unpaired) electrons. The topological polar surface area (TPSA) is 77.8 Å². The van der Waals surface area contributed by atoms with Gasteiger partial charge in [-0.2, -0.15) is 0 Å². The maximum absolute atomic E-state index is 12.6. The van der Waals surface area contributed by atoms with Gasteiger partial charge in [-0.1, -0.05) is 18.2 Å². The molecule has 2 aromatic carbocycles. The second kappa shape index (κ2) is 6.09. The first-order valence-corrected chi connectivity index (χ1v) is 8.42. The summed E-state index contributed by atoms with van der Waals surface area (Å²) in [6.07, 6.45) is 3.34. The molecule has 5 nitrogen and oxygen atoms in total. The molecule has 1 heterocycles. The Kier molecular flexibility index (Phi) is 3.76. The average molecular weight is 333 g/mol. The van der Waals surface area contributed by atoms with Crippen molar-refractivity contribution in [3.8, 4) is 11.3 Å². The van der Waals surface area contributed by atoms with E-state index in [1.807, 2.05) is 37.3 Å². The quantitative estimate of drug-likeness (QED) is 0.687. The van der Waals surface area contributed by atoms with Gasteiger partial charge < -0.3 is 5.32 Å². The molecule has 0 spiro atoms. The van der Waals surface area contributed by atoms with Gasteiger partial charge in [0.05, 0.1) is 5.69 Å². The molecule has 25 heavy (non-hydrogen) atoms. The predicted octanol–water partition coefficient (Wildman–Crippen LogP) is 3.42. The van der Waals surface area contributed by atoms with E-state index in [-0.39, 0.29) is 11.5 Å². The van der Waals surface area contributed by atoms with E-state index in [0.29, 0.717) is 0 Å². The molecule has 3 aromatic rings. The Morgan fingerprint density at radius 1 is 1.04 bits per heavy atom. The number of rotatable bonds is 3. The molecule has 0 bridgehead atoms. The number of nitrogens with one attached hydrogen (secondary N) is 3. The van der Waals surface area contributed by atoms with Crippen LogP contribution in [0.1, 0.15) is 33.5 Å². The number of aryl methyl sites for hydroxylation is 1. The highest BCUT2D eigenvalue weighted by Gasteiger charge is 2.18. The van der Waals surface area contributed by atoms with E-state index in [1.165, 1.54) is 23.6 Å².